The Morgan fingerprint density at radius 1 is 1.10 bits per heavy atom. The Hall–Kier alpha value is -2.85. The molecule has 0 N–H and O–H groups in total. The fourth-order valence-electron chi connectivity index (χ4n) is 3.31. The van der Waals surface area contributed by atoms with Gasteiger partial charge in [-0.25, -0.2) is 18.2 Å². The zero-order chi connectivity index (χ0) is 22.8. The van der Waals surface area contributed by atoms with E-state index in [0.29, 0.717) is 18.6 Å². The van der Waals surface area contributed by atoms with Crippen LogP contribution in [-0.2, 0) is 14.8 Å². The van der Waals surface area contributed by atoms with Crippen LogP contribution in [0.5, 0.6) is 0 Å². The highest BCUT2D eigenvalue weighted by Gasteiger charge is 2.25. The van der Waals surface area contributed by atoms with Crippen LogP contribution in [0.4, 0.5) is 8.78 Å². The van der Waals surface area contributed by atoms with Gasteiger partial charge >= 0.3 is 12.5 Å². The highest BCUT2D eigenvalue weighted by Crippen LogP contribution is 2.28. The highest BCUT2D eigenvalue weighted by atomic mass is 32.2. The summed E-state index contributed by atoms with van der Waals surface area (Å²) >= 11 is 0. The zero-order valence-electron chi connectivity index (χ0n) is 17.3. The average Bonchev–Trinajstić information content (AvgIpc) is 3.14. The predicted molar refractivity (Wildman–Crippen MR) is 111 cm³/mol. The number of sulfonamides is 1. The number of hydrogen-bond acceptors (Lipinski definition) is 5. The number of carbonyl (C=O) groups excluding carboxylic acids is 1. The largest absolute Gasteiger partial charge is 0.451 e. The number of imidazole rings is 1. The first-order chi connectivity index (χ1) is 14.7. The van der Waals surface area contributed by atoms with E-state index in [2.05, 4.69) is 4.98 Å². The standard InChI is InChI=1S/C21H23F2N3O4S/c1-4-25(5-2)31(28,29)16-12-10-15(11-13-16)20(27)30-14(3)19-24-17-8-6-7-9-18(17)26(19)21(22)23/h6-14,21H,4-5H2,1-3H3. The highest BCUT2D eigenvalue weighted by molar-refractivity contribution is 7.89. The van der Waals surface area contributed by atoms with Gasteiger partial charge in [-0.1, -0.05) is 26.0 Å². The molecule has 0 bridgehead atoms. The van der Waals surface area contributed by atoms with Crippen LogP contribution < -0.4 is 0 Å². The average molecular weight is 451 g/mol. The fourth-order valence-corrected chi connectivity index (χ4v) is 4.77. The van der Waals surface area contributed by atoms with Gasteiger partial charge in [0, 0.05) is 13.1 Å². The number of carbonyl (C=O) groups is 1. The minimum Gasteiger partial charge on any atom is -0.451 e. The van der Waals surface area contributed by atoms with E-state index in [1.54, 1.807) is 32.0 Å². The van der Waals surface area contributed by atoms with E-state index in [1.807, 2.05) is 0 Å². The number of halogens is 2. The van der Waals surface area contributed by atoms with Crippen LogP contribution in [0.15, 0.2) is 53.4 Å². The Balaban J connectivity index is 1.82. The van der Waals surface area contributed by atoms with Crippen molar-refractivity contribution in [2.75, 3.05) is 13.1 Å². The third-order valence-electron chi connectivity index (χ3n) is 4.90. The molecule has 0 spiro atoms. The van der Waals surface area contributed by atoms with E-state index in [4.69, 9.17) is 4.74 Å². The second-order valence-corrected chi connectivity index (χ2v) is 8.71. The predicted octanol–water partition coefficient (Wildman–Crippen LogP) is 4.38. The van der Waals surface area contributed by atoms with Gasteiger partial charge in [0.05, 0.1) is 21.5 Å². The summed E-state index contributed by atoms with van der Waals surface area (Å²) in [6.45, 7) is 2.73. The number of para-hydroxylation sites is 2. The normalized spacial score (nSPS) is 13.1. The van der Waals surface area contributed by atoms with Gasteiger partial charge in [-0.15, -0.1) is 0 Å². The number of hydrogen-bond donors (Lipinski definition) is 0. The fraction of sp³-hybridized carbons (Fsp3) is 0.333. The number of nitrogens with zero attached hydrogens (tertiary/aromatic N) is 3. The molecule has 2 aromatic carbocycles. The van der Waals surface area contributed by atoms with Crippen LogP contribution in [0.25, 0.3) is 11.0 Å². The topological polar surface area (TPSA) is 81.5 Å². The maximum atomic E-state index is 13.6. The number of esters is 1. The molecule has 0 saturated carbocycles. The lowest BCUT2D eigenvalue weighted by molar-refractivity contribution is 0.0233. The van der Waals surface area contributed by atoms with Crippen molar-refractivity contribution in [3.05, 3.63) is 59.9 Å². The second-order valence-electron chi connectivity index (χ2n) is 6.77. The Bertz CT molecular complexity index is 1170. The van der Waals surface area contributed by atoms with Gasteiger partial charge in [-0.05, 0) is 43.3 Å². The van der Waals surface area contributed by atoms with Crippen molar-refractivity contribution in [1.29, 1.82) is 0 Å². The Morgan fingerprint density at radius 3 is 2.29 bits per heavy atom. The first-order valence-corrected chi connectivity index (χ1v) is 11.2. The summed E-state index contributed by atoms with van der Waals surface area (Å²) in [6.07, 6.45) is -1.05. The number of rotatable bonds is 8. The lowest BCUT2D eigenvalue weighted by Gasteiger charge is -2.18. The second kappa shape index (κ2) is 9.11. The van der Waals surface area contributed by atoms with Crippen LogP contribution in [0.2, 0.25) is 0 Å². The quantitative estimate of drug-likeness (QED) is 0.475. The van der Waals surface area contributed by atoms with Gasteiger partial charge < -0.3 is 4.74 Å². The van der Waals surface area contributed by atoms with Crippen LogP contribution in [0.1, 0.15) is 49.6 Å². The minimum absolute atomic E-state index is 0.0558. The van der Waals surface area contributed by atoms with Gasteiger partial charge in [0.25, 0.3) is 0 Å². The lowest BCUT2D eigenvalue weighted by Crippen LogP contribution is -2.30. The number of aromatic nitrogens is 2. The minimum atomic E-state index is -3.66. The molecule has 1 aromatic heterocycles. The Kier molecular flexibility index (Phi) is 6.71. The molecule has 1 heterocycles. The number of fused-ring (bicyclic) bond motifs is 1. The summed E-state index contributed by atoms with van der Waals surface area (Å²) in [4.78, 5) is 16.8. The van der Waals surface area contributed by atoms with Gasteiger partial charge in [-0.2, -0.15) is 13.1 Å². The monoisotopic (exact) mass is 451 g/mol. The number of ether oxygens (including phenoxy) is 1. The third-order valence-corrected chi connectivity index (χ3v) is 6.96. The van der Waals surface area contributed by atoms with Crippen LogP contribution in [0.3, 0.4) is 0 Å². The van der Waals surface area contributed by atoms with E-state index in [1.165, 1.54) is 41.6 Å². The maximum absolute atomic E-state index is 13.6. The van der Waals surface area contributed by atoms with Gasteiger partial charge in [0.2, 0.25) is 10.0 Å². The van der Waals surface area contributed by atoms with Crippen LogP contribution in [-0.4, -0.2) is 41.3 Å². The number of benzene rings is 2. The molecule has 7 nitrogen and oxygen atoms in total. The van der Waals surface area contributed by atoms with Crippen molar-refractivity contribution in [2.24, 2.45) is 0 Å². The van der Waals surface area contributed by atoms with Crippen molar-refractivity contribution >= 4 is 27.0 Å². The molecule has 0 aliphatic heterocycles. The van der Waals surface area contributed by atoms with Crippen molar-refractivity contribution in [2.45, 2.75) is 38.3 Å². The molecule has 1 unspecified atom stereocenters. The summed E-state index contributed by atoms with van der Waals surface area (Å²) in [5, 5.41) is 0. The molecule has 3 aromatic rings. The molecule has 0 aliphatic carbocycles. The Morgan fingerprint density at radius 2 is 1.71 bits per heavy atom. The van der Waals surface area contributed by atoms with Crippen molar-refractivity contribution in [3.63, 3.8) is 0 Å². The smallest absolute Gasteiger partial charge is 0.338 e. The van der Waals surface area contributed by atoms with E-state index in [-0.39, 0.29) is 21.8 Å². The van der Waals surface area contributed by atoms with Gasteiger partial charge in [-0.3, -0.25) is 4.57 Å². The van der Waals surface area contributed by atoms with Gasteiger partial charge in [0.15, 0.2) is 11.9 Å². The first kappa shape index (κ1) is 22.8. The molecule has 0 radical (unpaired) electrons. The molecule has 0 amide bonds. The van der Waals surface area contributed by atoms with E-state index in [9.17, 15) is 22.0 Å². The van der Waals surface area contributed by atoms with E-state index < -0.39 is 28.6 Å². The van der Waals surface area contributed by atoms with Gasteiger partial charge in [0.1, 0.15) is 0 Å². The maximum Gasteiger partial charge on any atom is 0.338 e. The molecule has 31 heavy (non-hydrogen) atoms. The molecule has 0 saturated heterocycles. The van der Waals surface area contributed by atoms with Crippen molar-refractivity contribution in [3.8, 4) is 0 Å². The molecule has 0 fully saturated rings. The van der Waals surface area contributed by atoms with Crippen LogP contribution >= 0.6 is 0 Å². The lowest BCUT2D eigenvalue weighted by atomic mass is 10.2. The zero-order valence-corrected chi connectivity index (χ0v) is 18.1. The molecular formula is C21H23F2N3O4S. The Labute approximate surface area is 179 Å². The first-order valence-electron chi connectivity index (χ1n) is 9.76. The summed E-state index contributed by atoms with van der Waals surface area (Å²) < 4.78 is 59.7. The summed E-state index contributed by atoms with van der Waals surface area (Å²) in [7, 11) is -3.66. The summed E-state index contributed by atoms with van der Waals surface area (Å²) in [5.74, 6) is -0.850. The molecular weight excluding hydrogens is 428 g/mol. The SMILES string of the molecule is CCN(CC)S(=O)(=O)c1ccc(C(=O)OC(C)c2nc3ccccc3n2C(F)F)cc1. The van der Waals surface area contributed by atoms with Crippen molar-refractivity contribution in [1.82, 2.24) is 13.9 Å². The van der Waals surface area contributed by atoms with Crippen LogP contribution in [0, 0.1) is 0 Å². The number of alkyl halides is 2. The molecule has 10 heteroatoms. The van der Waals surface area contributed by atoms with E-state index >= 15 is 0 Å². The summed E-state index contributed by atoms with van der Waals surface area (Å²) in [6, 6.07) is 11.7. The molecule has 166 valence electrons. The van der Waals surface area contributed by atoms with E-state index in [0.717, 1.165) is 4.57 Å². The molecule has 3 rings (SSSR count). The summed E-state index contributed by atoms with van der Waals surface area (Å²) in [5.41, 5.74) is 0.707. The van der Waals surface area contributed by atoms with Crippen molar-refractivity contribution < 1.29 is 26.7 Å². The molecule has 0 aliphatic rings. The third kappa shape index (κ3) is 4.45. The molecule has 1 atom stereocenters.